The van der Waals surface area contributed by atoms with E-state index >= 15 is 0 Å². The van der Waals surface area contributed by atoms with E-state index in [4.69, 9.17) is 0 Å². The van der Waals surface area contributed by atoms with Gasteiger partial charge in [0.1, 0.15) is 0 Å². The highest BCUT2D eigenvalue weighted by atomic mass is 14.8. The Bertz CT molecular complexity index is 487. The van der Waals surface area contributed by atoms with Crippen molar-refractivity contribution in [1.29, 1.82) is 0 Å². The fourth-order valence-corrected chi connectivity index (χ4v) is 1.63. The molecule has 94 valence electrons. The molecule has 0 amide bonds. The lowest BCUT2D eigenvalue weighted by Gasteiger charge is -2.08. The van der Waals surface area contributed by atoms with E-state index in [0.29, 0.717) is 0 Å². The van der Waals surface area contributed by atoms with Crippen molar-refractivity contribution >= 4 is 11.3 Å². The SMILES string of the molecule is C=C/C=C\C(C)=C(/C)c1ccc(C(=C)NC)cc1. The number of hydrogen-bond acceptors (Lipinski definition) is 1. The van der Waals surface area contributed by atoms with Gasteiger partial charge in [-0.1, -0.05) is 55.7 Å². The molecule has 1 nitrogen and oxygen atoms in total. The number of benzene rings is 1. The molecule has 1 N–H and O–H groups in total. The summed E-state index contributed by atoms with van der Waals surface area (Å²) < 4.78 is 0. The average molecular weight is 239 g/mol. The normalized spacial score (nSPS) is 12.2. The summed E-state index contributed by atoms with van der Waals surface area (Å²) >= 11 is 0. The lowest BCUT2D eigenvalue weighted by molar-refractivity contribution is 1.13. The molecule has 0 unspecified atom stereocenters. The fourth-order valence-electron chi connectivity index (χ4n) is 1.63. The topological polar surface area (TPSA) is 12.0 Å². The largest absolute Gasteiger partial charge is 0.388 e. The van der Waals surface area contributed by atoms with Crippen LogP contribution in [-0.4, -0.2) is 7.05 Å². The summed E-state index contributed by atoms with van der Waals surface area (Å²) in [6.07, 6.45) is 5.82. The Balaban J connectivity index is 3.01. The highest BCUT2D eigenvalue weighted by Crippen LogP contribution is 2.20. The maximum Gasteiger partial charge on any atom is 0.0338 e. The van der Waals surface area contributed by atoms with E-state index in [9.17, 15) is 0 Å². The van der Waals surface area contributed by atoms with Gasteiger partial charge in [0.15, 0.2) is 0 Å². The van der Waals surface area contributed by atoms with Crippen molar-refractivity contribution in [2.45, 2.75) is 13.8 Å². The number of allylic oxidation sites excluding steroid dienone is 5. The minimum Gasteiger partial charge on any atom is -0.388 e. The highest BCUT2D eigenvalue weighted by Gasteiger charge is 2.00. The van der Waals surface area contributed by atoms with Crippen molar-refractivity contribution < 1.29 is 0 Å². The Morgan fingerprint density at radius 2 is 1.67 bits per heavy atom. The van der Waals surface area contributed by atoms with Crippen LogP contribution in [0.5, 0.6) is 0 Å². The Morgan fingerprint density at radius 1 is 1.11 bits per heavy atom. The van der Waals surface area contributed by atoms with Gasteiger partial charge in [0, 0.05) is 12.7 Å². The van der Waals surface area contributed by atoms with Crippen molar-refractivity contribution in [2.75, 3.05) is 7.05 Å². The van der Waals surface area contributed by atoms with Crippen LogP contribution in [0.3, 0.4) is 0 Å². The molecular weight excluding hydrogens is 218 g/mol. The number of rotatable bonds is 5. The van der Waals surface area contributed by atoms with Crippen LogP contribution in [0.25, 0.3) is 11.3 Å². The van der Waals surface area contributed by atoms with Crippen molar-refractivity contribution in [3.8, 4) is 0 Å². The van der Waals surface area contributed by atoms with Crippen LogP contribution in [0.1, 0.15) is 25.0 Å². The predicted octanol–water partition coefficient (Wildman–Crippen LogP) is 4.41. The molecule has 0 atom stereocenters. The first-order chi connectivity index (χ1) is 8.60. The maximum atomic E-state index is 3.95. The number of hydrogen-bond donors (Lipinski definition) is 1. The molecule has 1 aromatic carbocycles. The Labute approximate surface area is 110 Å². The second kappa shape index (κ2) is 6.65. The van der Waals surface area contributed by atoms with Gasteiger partial charge in [0.25, 0.3) is 0 Å². The van der Waals surface area contributed by atoms with E-state index in [1.54, 1.807) is 6.08 Å². The van der Waals surface area contributed by atoms with Crippen molar-refractivity contribution in [3.05, 3.63) is 72.4 Å². The van der Waals surface area contributed by atoms with Crippen LogP contribution >= 0.6 is 0 Å². The minimum atomic E-state index is 0.937. The first kappa shape index (κ1) is 14.0. The van der Waals surface area contributed by atoms with Crippen LogP contribution in [-0.2, 0) is 0 Å². The van der Waals surface area contributed by atoms with Gasteiger partial charge < -0.3 is 5.32 Å². The molecule has 1 rings (SSSR count). The van der Waals surface area contributed by atoms with Crippen molar-refractivity contribution in [3.63, 3.8) is 0 Å². The van der Waals surface area contributed by atoms with E-state index in [-0.39, 0.29) is 0 Å². The third-order valence-corrected chi connectivity index (χ3v) is 3.04. The summed E-state index contributed by atoms with van der Waals surface area (Å²) in [6.45, 7) is 11.9. The molecule has 0 bridgehead atoms. The van der Waals surface area contributed by atoms with Gasteiger partial charge in [0.05, 0.1) is 0 Å². The Morgan fingerprint density at radius 3 is 2.17 bits per heavy atom. The zero-order valence-corrected chi connectivity index (χ0v) is 11.5. The minimum absolute atomic E-state index is 0.937. The van der Waals surface area contributed by atoms with Gasteiger partial charge in [-0.05, 0) is 36.1 Å². The molecular formula is C17H21N. The molecule has 0 saturated carbocycles. The monoisotopic (exact) mass is 239 g/mol. The smallest absolute Gasteiger partial charge is 0.0338 e. The van der Waals surface area contributed by atoms with Gasteiger partial charge in [-0.2, -0.15) is 0 Å². The van der Waals surface area contributed by atoms with E-state index in [0.717, 1.165) is 11.3 Å². The van der Waals surface area contributed by atoms with Crippen LogP contribution < -0.4 is 5.32 Å². The van der Waals surface area contributed by atoms with Crippen molar-refractivity contribution in [1.82, 2.24) is 5.32 Å². The molecule has 0 aliphatic heterocycles. The summed E-state index contributed by atoms with van der Waals surface area (Å²) in [5.41, 5.74) is 5.80. The first-order valence-electron chi connectivity index (χ1n) is 6.04. The molecule has 0 saturated heterocycles. The fraction of sp³-hybridized carbons (Fsp3) is 0.176. The Kier molecular flexibility index (Phi) is 5.19. The van der Waals surface area contributed by atoms with Crippen LogP contribution in [0.2, 0.25) is 0 Å². The second-order valence-electron chi connectivity index (χ2n) is 4.21. The molecule has 0 fully saturated rings. The van der Waals surface area contributed by atoms with Gasteiger partial charge >= 0.3 is 0 Å². The molecule has 0 aliphatic carbocycles. The first-order valence-corrected chi connectivity index (χ1v) is 6.04. The second-order valence-corrected chi connectivity index (χ2v) is 4.21. The molecule has 0 aromatic heterocycles. The summed E-state index contributed by atoms with van der Waals surface area (Å²) in [6, 6.07) is 8.42. The van der Waals surface area contributed by atoms with E-state index < -0.39 is 0 Å². The van der Waals surface area contributed by atoms with Crippen LogP contribution in [0.4, 0.5) is 0 Å². The summed E-state index contributed by atoms with van der Waals surface area (Å²) in [5, 5.41) is 3.05. The molecule has 1 heteroatoms. The summed E-state index contributed by atoms with van der Waals surface area (Å²) in [5.74, 6) is 0. The van der Waals surface area contributed by atoms with E-state index in [1.807, 2.05) is 13.1 Å². The molecule has 1 aromatic rings. The van der Waals surface area contributed by atoms with E-state index in [2.05, 4.69) is 62.7 Å². The quantitative estimate of drug-likeness (QED) is 0.750. The standard InChI is InChI=1S/C17H21N/c1-6-7-8-13(2)14(3)16-9-11-17(12-10-16)15(4)18-5/h6-12,18H,1,4H2,2-3,5H3/b8-7-,14-13+. The average Bonchev–Trinajstić information content (AvgIpc) is 2.43. The zero-order valence-electron chi connectivity index (χ0n) is 11.5. The zero-order chi connectivity index (χ0) is 13.5. The van der Waals surface area contributed by atoms with Gasteiger partial charge in [-0.25, -0.2) is 0 Å². The lowest BCUT2D eigenvalue weighted by Crippen LogP contribution is -2.02. The molecule has 0 radical (unpaired) electrons. The number of nitrogens with one attached hydrogen (secondary N) is 1. The third-order valence-electron chi connectivity index (χ3n) is 3.04. The Hall–Kier alpha value is -2.02. The molecule has 18 heavy (non-hydrogen) atoms. The van der Waals surface area contributed by atoms with Gasteiger partial charge in [-0.15, -0.1) is 0 Å². The van der Waals surface area contributed by atoms with Gasteiger partial charge in [0.2, 0.25) is 0 Å². The highest BCUT2D eigenvalue weighted by molar-refractivity contribution is 5.71. The van der Waals surface area contributed by atoms with E-state index in [1.165, 1.54) is 16.7 Å². The lowest BCUT2D eigenvalue weighted by atomic mass is 10.00. The summed E-state index contributed by atoms with van der Waals surface area (Å²) in [7, 11) is 1.88. The van der Waals surface area contributed by atoms with Gasteiger partial charge in [-0.3, -0.25) is 0 Å². The van der Waals surface area contributed by atoms with Crippen LogP contribution in [0, 0.1) is 0 Å². The van der Waals surface area contributed by atoms with Crippen molar-refractivity contribution in [2.24, 2.45) is 0 Å². The predicted molar refractivity (Wildman–Crippen MR) is 82.1 cm³/mol. The molecule has 0 aliphatic rings. The van der Waals surface area contributed by atoms with Crippen LogP contribution in [0.15, 0.2) is 61.2 Å². The molecule has 0 spiro atoms. The maximum absolute atomic E-state index is 3.95. The molecule has 0 heterocycles. The third kappa shape index (κ3) is 3.49. The summed E-state index contributed by atoms with van der Waals surface area (Å²) in [4.78, 5) is 0.